The van der Waals surface area contributed by atoms with E-state index in [9.17, 15) is 0 Å². The second kappa shape index (κ2) is 13.8. The van der Waals surface area contributed by atoms with Crippen molar-refractivity contribution >= 4 is 70.2 Å². The first-order chi connectivity index (χ1) is 22.8. The van der Waals surface area contributed by atoms with Gasteiger partial charge in [0.2, 0.25) is 0 Å². The molecule has 7 rings (SSSR count). The highest BCUT2D eigenvalue weighted by molar-refractivity contribution is 6.01. The van der Waals surface area contributed by atoms with E-state index in [1.807, 2.05) is 12.1 Å². The fraction of sp³-hybridized carbons (Fsp3) is 0. The zero-order valence-electron chi connectivity index (χ0n) is 25.6. The molecule has 7 aromatic carbocycles. The highest BCUT2D eigenvalue weighted by atomic mass is 14.1. The Morgan fingerprint density at radius 1 is 0.217 bits per heavy atom. The van der Waals surface area contributed by atoms with Crippen LogP contribution in [0, 0.1) is 0 Å². The lowest BCUT2D eigenvalue weighted by Gasteiger charge is -2.09. The van der Waals surface area contributed by atoms with E-state index in [1.54, 1.807) is 0 Å². The third kappa shape index (κ3) is 6.88. The molecule has 7 aromatic rings. The van der Waals surface area contributed by atoms with Crippen molar-refractivity contribution in [2.45, 2.75) is 0 Å². The fourth-order valence-corrected chi connectivity index (χ4v) is 5.80. The summed E-state index contributed by atoms with van der Waals surface area (Å²) in [5, 5.41) is 4.98. The number of benzene rings is 7. The van der Waals surface area contributed by atoms with E-state index in [0.717, 1.165) is 0 Å². The summed E-state index contributed by atoms with van der Waals surface area (Å²) in [4.78, 5) is 0. The van der Waals surface area contributed by atoms with Gasteiger partial charge in [-0.2, -0.15) is 0 Å². The van der Waals surface area contributed by atoms with Gasteiger partial charge in [-0.15, -0.1) is 0 Å². The average Bonchev–Trinajstić information content (AvgIpc) is 3.12. The molecule has 0 atom stereocenters. The van der Waals surface area contributed by atoms with E-state index in [-0.39, 0.29) is 0 Å². The van der Waals surface area contributed by atoms with Gasteiger partial charge in [0.05, 0.1) is 0 Å². The lowest BCUT2D eigenvalue weighted by Crippen LogP contribution is -1.86. The van der Waals surface area contributed by atoms with Crippen LogP contribution in [0.1, 0.15) is 44.5 Å². The Hall–Kier alpha value is -5.98. The molecule has 0 amide bonds. The molecule has 0 spiro atoms. The smallest absolute Gasteiger partial charge is 0.0171 e. The molecule has 0 radical (unpaired) electrons. The van der Waals surface area contributed by atoms with E-state index in [1.165, 1.54) is 66.1 Å². The molecule has 0 aliphatic carbocycles. The normalized spacial score (nSPS) is 12.0. The van der Waals surface area contributed by atoms with Crippen molar-refractivity contribution in [2.75, 3.05) is 0 Å². The molecule has 0 fully saturated rings. The number of rotatable bonds is 8. The van der Waals surface area contributed by atoms with Crippen LogP contribution in [0.2, 0.25) is 0 Å². The Morgan fingerprint density at radius 2 is 0.522 bits per heavy atom. The molecule has 0 aromatic heterocycles. The summed E-state index contributed by atoms with van der Waals surface area (Å²) in [6.07, 6.45) is 17.7. The molecule has 0 bridgehead atoms. The van der Waals surface area contributed by atoms with Crippen molar-refractivity contribution in [3.63, 3.8) is 0 Å². The first kappa shape index (κ1) is 28.8. The maximum Gasteiger partial charge on any atom is -0.0171 e. The van der Waals surface area contributed by atoms with Crippen molar-refractivity contribution < 1.29 is 0 Å². The summed E-state index contributed by atoms with van der Waals surface area (Å²) >= 11 is 0. The van der Waals surface area contributed by atoms with Crippen LogP contribution in [0.5, 0.6) is 0 Å². The Kier molecular flexibility index (Phi) is 8.61. The zero-order valence-corrected chi connectivity index (χ0v) is 25.6. The van der Waals surface area contributed by atoms with Gasteiger partial charge in [0.1, 0.15) is 0 Å². The van der Waals surface area contributed by atoms with Gasteiger partial charge in [-0.05, 0) is 90.3 Å². The van der Waals surface area contributed by atoms with Gasteiger partial charge < -0.3 is 0 Å². The van der Waals surface area contributed by atoms with Gasteiger partial charge in [0.25, 0.3) is 0 Å². The van der Waals surface area contributed by atoms with Gasteiger partial charge >= 0.3 is 0 Å². The monoisotopic (exact) mass is 586 g/mol. The van der Waals surface area contributed by atoms with E-state index in [0.29, 0.717) is 0 Å². The van der Waals surface area contributed by atoms with Crippen LogP contribution in [0.3, 0.4) is 0 Å². The maximum absolute atomic E-state index is 2.32. The highest BCUT2D eigenvalue weighted by Crippen LogP contribution is 2.29. The minimum absolute atomic E-state index is 1.18. The molecule has 0 unspecified atom stereocenters. The van der Waals surface area contributed by atoms with Gasteiger partial charge in [-0.3, -0.25) is 0 Å². The van der Waals surface area contributed by atoms with Crippen LogP contribution in [0.15, 0.2) is 158 Å². The number of hydrogen-bond donors (Lipinski definition) is 0. The van der Waals surface area contributed by atoms with Crippen LogP contribution < -0.4 is 0 Å². The lowest BCUT2D eigenvalue weighted by molar-refractivity contribution is 1.60. The summed E-state index contributed by atoms with van der Waals surface area (Å²) in [6.45, 7) is 0. The second-order valence-corrected chi connectivity index (χ2v) is 11.4. The van der Waals surface area contributed by atoms with Crippen molar-refractivity contribution in [2.24, 2.45) is 0 Å². The van der Waals surface area contributed by atoms with Gasteiger partial charge in [0, 0.05) is 0 Å². The largest absolute Gasteiger partial charge is 0.0622 e. The lowest BCUT2D eigenvalue weighted by atomic mass is 9.95. The first-order valence-electron chi connectivity index (χ1n) is 15.8. The van der Waals surface area contributed by atoms with Crippen LogP contribution in [0.4, 0.5) is 0 Å². The van der Waals surface area contributed by atoms with E-state index in [4.69, 9.17) is 0 Å². The average molecular weight is 587 g/mol. The molecule has 218 valence electrons. The molecule has 46 heavy (non-hydrogen) atoms. The summed E-state index contributed by atoms with van der Waals surface area (Å²) in [7, 11) is 0. The highest BCUT2D eigenvalue weighted by Gasteiger charge is 2.05. The Labute approximate surface area is 271 Å². The van der Waals surface area contributed by atoms with E-state index >= 15 is 0 Å². The summed E-state index contributed by atoms with van der Waals surface area (Å²) in [5.41, 5.74) is 9.47. The van der Waals surface area contributed by atoms with Crippen molar-refractivity contribution in [1.29, 1.82) is 0 Å². The minimum Gasteiger partial charge on any atom is -0.0622 e. The van der Waals surface area contributed by atoms with Crippen molar-refractivity contribution in [3.8, 4) is 0 Å². The number of fused-ring (bicyclic) bond motifs is 2. The summed E-state index contributed by atoms with van der Waals surface area (Å²) < 4.78 is 0. The second-order valence-electron chi connectivity index (χ2n) is 11.4. The van der Waals surface area contributed by atoms with Crippen LogP contribution in [-0.2, 0) is 0 Å². The van der Waals surface area contributed by atoms with Gasteiger partial charge in [-0.25, -0.2) is 0 Å². The molecule has 0 heterocycles. The van der Waals surface area contributed by atoms with Crippen molar-refractivity contribution in [1.82, 2.24) is 0 Å². The molecule has 0 aliphatic heterocycles. The standard InChI is InChI=1S/C46H34/c1-3-13-35(14-4-1)23-25-37-17-7-9-19-39(37)27-29-43-33-45-31-41-21-11-12-22-42(41)32-46(45)34-44(43)30-28-40-20-10-8-18-38(40)26-24-36-15-5-2-6-16-36/h1-34H. The summed E-state index contributed by atoms with van der Waals surface area (Å²) in [5.74, 6) is 0. The molecule has 0 saturated heterocycles. The minimum atomic E-state index is 1.18. The summed E-state index contributed by atoms with van der Waals surface area (Å²) in [6, 6.07) is 55.8. The number of hydrogen-bond acceptors (Lipinski definition) is 0. The molecular formula is C46H34. The maximum atomic E-state index is 2.32. The third-order valence-corrected chi connectivity index (χ3v) is 8.29. The predicted molar refractivity (Wildman–Crippen MR) is 203 cm³/mol. The quantitative estimate of drug-likeness (QED) is 0.123. The molecule has 0 saturated carbocycles. The van der Waals surface area contributed by atoms with Gasteiger partial charge in [-0.1, -0.05) is 182 Å². The van der Waals surface area contributed by atoms with Crippen LogP contribution in [0.25, 0.3) is 70.2 Å². The zero-order chi connectivity index (χ0) is 31.0. The predicted octanol–water partition coefficient (Wildman–Crippen LogP) is 12.7. The van der Waals surface area contributed by atoms with Crippen molar-refractivity contribution in [3.05, 3.63) is 202 Å². The Balaban J connectivity index is 1.28. The molecule has 0 N–H and O–H groups in total. The first-order valence-corrected chi connectivity index (χ1v) is 15.8. The van der Waals surface area contributed by atoms with E-state index in [2.05, 4.69) is 194 Å². The van der Waals surface area contributed by atoms with Crippen LogP contribution in [-0.4, -0.2) is 0 Å². The van der Waals surface area contributed by atoms with Crippen LogP contribution >= 0.6 is 0 Å². The SMILES string of the molecule is C(=Cc1ccccc1C=Cc1cc2cc3ccccc3cc2cc1C=Cc1ccccc1C=Cc1ccccc1)c1ccccc1. The molecule has 0 heteroatoms. The topological polar surface area (TPSA) is 0 Å². The van der Waals surface area contributed by atoms with E-state index < -0.39 is 0 Å². The fourth-order valence-electron chi connectivity index (χ4n) is 5.80. The Morgan fingerprint density at radius 3 is 0.913 bits per heavy atom. The third-order valence-electron chi connectivity index (χ3n) is 8.29. The Bertz CT molecular complexity index is 2070. The molecule has 0 nitrogen and oxygen atoms in total. The molecule has 0 aliphatic rings. The molecular weight excluding hydrogens is 553 g/mol. The van der Waals surface area contributed by atoms with Gasteiger partial charge in [0.15, 0.2) is 0 Å².